The highest BCUT2D eigenvalue weighted by Gasteiger charge is 2.25. The van der Waals surface area contributed by atoms with Crippen molar-refractivity contribution in [1.29, 1.82) is 0 Å². The van der Waals surface area contributed by atoms with Gasteiger partial charge in [-0.15, -0.1) is 11.3 Å². The number of thiophene rings is 1. The van der Waals surface area contributed by atoms with Gasteiger partial charge in [0.15, 0.2) is 6.54 Å². The highest BCUT2D eigenvalue weighted by atomic mass is 32.1. The Balaban J connectivity index is 1.54. The monoisotopic (exact) mass is 402 g/mol. The maximum absolute atomic E-state index is 12.5. The van der Waals surface area contributed by atoms with Crippen LogP contribution < -0.4 is 15.5 Å². The van der Waals surface area contributed by atoms with Crippen LogP contribution in [-0.4, -0.2) is 37.7 Å². The molecule has 150 valence electrons. The maximum atomic E-state index is 12.5. The molecule has 1 aliphatic heterocycles. The lowest BCUT2D eigenvalue weighted by Crippen LogP contribution is -3.13. The fraction of sp³-hybridized carbons (Fsp3) is 0.429. The van der Waals surface area contributed by atoms with Gasteiger partial charge in [-0.1, -0.05) is 23.8 Å². The number of benzene rings is 1. The van der Waals surface area contributed by atoms with Crippen molar-refractivity contribution in [3.05, 3.63) is 51.7 Å². The van der Waals surface area contributed by atoms with Gasteiger partial charge in [-0.05, 0) is 49.8 Å². The molecule has 1 aromatic carbocycles. The third-order valence-corrected chi connectivity index (χ3v) is 5.71. The average molecular weight is 403 g/mol. The second-order valence-electron chi connectivity index (χ2n) is 7.34. The number of amides is 3. The van der Waals surface area contributed by atoms with Crippen molar-refractivity contribution in [2.24, 2.45) is 0 Å². The Hall–Kier alpha value is -2.22. The number of carbonyl (C=O) groups is 2. The molecule has 1 saturated heterocycles. The van der Waals surface area contributed by atoms with E-state index in [1.807, 2.05) is 43.5 Å². The summed E-state index contributed by atoms with van der Waals surface area (Å²) in [5, 5.41) is 7.25. The lowest BCUT2D eigenvalue weighted by atomic mass is 10.1. The first-order chi connectivity index (χ1) is 13.5. The second kappa shape index (κ2) is 9.82. The third-order valence-electron chi connectivity index (χ3n) is 4.84. The largest absolute Gasteiger partial charge is 0.372 e. The summed E-state index contributed by atoms with van der Waals surface area (Å²) < 4.78 is 5.74. The fourth-order valence-corrected chi connectivity index (χ4v) is 4.28. The molecule has 0 saturated carbocycles. The standard InChI is InChI=1S/C21H27N3O3S/c1-15-7-8-19(16(2)11-15)22-21(26)23-20(25)14-24(12-17-5-3-9-27-17)13-18-6-4-10-28-18/h4,6-8,10-11,17H,3,5,9,12-14H2,1-2H3,(H2,22,23,25,26)/p+1/t17-/m1/s1. The van der Waals surface area contributed by atoms with E-state index in [9.17, 15) is 9.59 Å². The minimum atomic E-state index is -0.496. The maximum Gasteiger partial charge on any atom is 0.326 e. The second-order valence-corrected chi connectivity index (χ2v) is 8.37. The van der Waals surface area contributed by atoms with Crippen molar-refractivity contribution in [2.75, 3.05) is 25.0 Å². The molecule has 3 N–H and O–H groups in total. The zero-order valence-electron chi connectivity index (χ0n) is 16.4. The average Bonchev–Trinajstić information content (AvgIpc) is 3.31. The van der Waals surface area contributed by atoms with Crippen molar-refractivity contribution in [3.8, 4) is 0 Å². The summed E-state index contributed by atoms with van der Waals surface area (Å²) in [6.45, 7) is 6.48. The van der Waals surface area contributed by atoms with Gasteiger partial charge in [-0.25, -0.2) is 4.79 Å². The fourth-order valence-electron chi connectivity index (χ4n) is 3.50. The predicted molar refractivity (Wildman–Crippen MR) is 111 cm³/mol. The molecule has 3 rings (SSSR count). The number of hydrogen-bond acceptors (Lipinski definition) is 4. The Morgan fingerprint density at radius 3 is 2.82 bits per heavy atom. The Labute approximate surface area is 169 Å². The summed E-state index contributed by atoms with van der Waals surface area (Å²) in [7, 11) is 0. The van der Waals surface area contributed by atoms with Gasteiger partial charge in [-0.3, -0.25) is 10.1 Å². The van der Waals surface area contributed by atoms with Crippen LogP contribution in [0, 0.1) is 13.8 Å². The molecule has 2 atom stereocenters. The molecule has 1 fully saturated rings. The van der Waals surface area contributed by atoms with Gasteiger partial charge in [0.1, 0.15) is 19.2 Å². The van der Waals surface area contributed by atoms with E-state index in [4.69, 9.17) is 4.74 Å². The molecule has 0 spiro atoms. The number of anilines is 1. The van der Waals surface area contributed by atoms with Crippen molar-refractivity contribution in [3.63, 3.8) is 0 Å². The van der Waals surface area contributed by atoms with Crippen LogP contribution in [0.4, 0.5) is 10.5 Å². The van der Waals surface area contributed by atoms with Gasteiger partial charge < -0.3 is 15.0 Å². The van der Waals surface area contributed by atoms with Crippen molar-refractivity contribution in [1.82, 2.24) is 5.32 Å². The minimum Gasteiger partial charge on any atom is -0.372 e. The normalized spacial score (nSPS) is 17.3. The molecule has 1 aliphatic rings. The molecule has 7 heteroatoms. The number of nitrogens with one attached hydrogen (secondary N) is 3. The van der Waals surface area contributed by atoms with E-state index in [0.717, 1.165) is 48.6 Å². The van der Waals surface area contributed by atoms with Crippen LogP contribution in [0.3, 0.4) is 0 Å². The lowest BCUT2D eigenvalue weighted by Gasteiger charge is -2.21. The topological polar surface area (TPSA) is 71.9 Å². The molecular formula is C21H28N3O3S+. The molecule has 0 aliphatic carbocycles. The van der Waals surface area contributed by atoms with Gasteiger partial charge in [0.25, 0.3) is 5.91 Å². The van der Waals surface area contributed by atoms with Crippen LogP contribution >= 0.6 is 11.3 Å². The Morgan fingerprint density at radius 1 is 1.29 bits per heavy atom. The van der Waals surface area contributed by atoms with E-state index in [2.05, 4.69) is 16.7 Å². The Morgan fingerprint density at radius 2 is 2.14 bits per heavy atom. The highest BCUT2D eigenvalue weighted by Crippen LogP contribution is 2.15. The summed E-state index contributed by atoms with van der Waals surface area (Å²) in [4.78, 5) is 27.0. The predicted octanol–water partition coefficient (Wildman–Crippen LogP) is 2.28. The zero-order chi connectivity index (χ0) is 19.9. The number of aryl methyl sites for hydroxylation is 2. The smallest absolute Gasteiger partial charge is 0.326 e. The first-order valence-electron chi connectivity index (χ1n) is 9.65. The van der Waals surface area contributed by atoms with E-state index < -0.39 is 6.03 Å². The van der Waals surface area contributed by atoms with Gasteiger partial charge in [0.2, 0.25) is 0 Å². The van der Waals surface area contributed by atoms with E-state index in [1.54, 1.807) is 11.3 Å². The highest BCUT2D eigenvalue weighted by molar-refractivity contribution is 7.09. The molecule has 3 amide bonds. The number of imide groups is 1. The number of carbonyl (C=O) groups excluding carboxylic acids is 2. The Bertz CT molecular complexity index is 801. The van der Waals surface area contributed by atoms with E-state index >= 15 is 0 Å². The number of urea groups is 1. The number of hydrogen-bond donors (Lipinski definition) is 3. The Kier molecular flexibility index (Phi) is 7.19. The molecule has 6 nitrogen and oxygen atoms in total. The summed E-state index contributed by atoms with van der Waals surface area (Å²) in [6, 6.07) is 9.36. The SMILES string of the molecule is Cc1ccc(NC(=O)NC(=O)C[NH+](Cc2cccs2)C[C@H]2CCCO2)c(C)c1. The molecule has 1 aromatic heterocycles. The van der Waals surface area contributed by atoms with E-state index in [1.165, 1.54) is 4.88 Å². The summed E-state index contributed by atoms with van der Waals surface area (Å²) >= 11 is 1.68. The molecule has 2 aromatic rings. The van der Waals surface area contributed by atoms with Crippen LogP contribution in [0.5, 0.6) is 0 Å². The molecule has 1 unspecified atom stereocenters. The van der Waals surface area contributed by atoms with Crippen molar-refractivity contribution >= 4 is 29.0 Å². The van der Waals surface area contributed by atoms with Crippen LogP contribution in [-0.2, 0) is 16.1 Å². The molecular weight excluding hydrogens is 374 g/mol. The van der Waals surface area contributed by atoms with Gasteiger partial charge in [0, 0.05) is 12.3 Å². The van der Waals surface area contributed by atoms with Gasteiger partial charge >= 0.3 is 6.03 Å². The first-order valence-corrected chi connectivity index (χ1v) is 10.5. The quantitative estimate of drug-likeness (QED) is 0.665. The molecule has 2 heterocycles. The van der Waals surface area contributed by atoms with Crippen LogP contribution in [0.25, 0.3) is 0 Å². The van der Waals surface area contributed by atoms with Gasteiger partial charge in [0.05, 0.1) is 4.88 Å². The summed E-state index contributed by atoms with van der Waals surface area (Å²) in [6.07, 6.45) is 2.29. The number of quaternary nitrogens is 1. The van der Waals surface area contributed by atoms with Crippen molar-refractivity contribution in [2.45, 2.75) is 39.3 Å². The third kappa shape index (κ3) is 6.15. The van der Waals surface area contributed by atoms with Crippen molar-refractivity contribution < 1.29 is 19.2 Å². The molecule has 28 heavy (non-hydrogen) atoms. The minimum absolute atomic E-state index is 0.187. The lowest BCUT2D eigenvalue weighted by molar-refractivity contribution is -0.908. The molecule has 0 radical (unpaired) electrons. The number of rotatable bonds is 7. The molecule has 0 bridgehead atoms. The summed E-state index contributed by atoms with van der Waals surface area (Å²) in [5.41, 5.74) is 2.80. The summed E-state index contributed by atoms with van der Waals surface area (Å²) in [5.74, 6) is -0.285. The van der Waals surface area contributed by atoms with Crippen LogP contribution in [0.15, 0.2) is 35.7 Å². The van der Waals surface area contributed by atoms with E-state index in [-0.39, 0.29) is 18.6 Å². The van der Waals surface area contributed by atoms with Crippen LogP contribution in [0.2, 0.25) is 0 Å². The zero-order valence-corrected chi connectivity index (χ0v) is 17.2. The first kappa shape index (κ1) is 20.5. The van der Waals surface area contributed by atoms with Gasteiger partial charge in [-0.2, -0.15) is 0 Å². The van der Waals surface area contributed by atoms with Crippen LogP contribution in [0.1, 0.15) is 28.8 Å². The van der Waals surface area contributed by atoms with E-state index in [0.29, 0.717) is 5.69 Å². The number of ether oxygens (including phenoxy) is 1.